The molecule has 0 radical (unpaired) electrons. The number of aromatic nitrogens is 3. The summed E-state index contributed by atoms with van der Waals surface area (Å²) in [6, 6.07) is 15.1. The molecule has 37 heavy (non-hydrogen) atoms. The Morgan fingerprint density at radius 1 is 1.08 bits per heavy atom. The van der Waals surface area contributed by atoms with Gasteiger partial charge >= 0.3 is 0 Å². The van der Waals surface area contributed by atoms with Crippen LogP contribution in [0.15, 0.2) is 53.6 Å². The molecule has 1 aliphatic rings. The highest BCUT2D eigenvalue weighted by molar-refractivity contribution is 7.89. The van der Waals surface area contributed by atoms with E-state index in [1.54, 1.807) is 38.8 Å². The first kappa shape index (κ1) is 25.0. The zero-order valence-corrected chi connectivity index (χ0v) is 22.4. The Kier molecular flexibility index (Phi) is 6.12. The summed E-state index contributed by atoms with van der Waals surface area (Å²) < 4.78 is 35.8. The maximum absolute atomic E-state index is 13.5. The quantitative estimate of drug-likeness (QED) is 0.422. The molecule has 0 spiro atoms. The van der Waals surface area contributed by atoms with E-state index in [1.807, 2.05) is 37.3 Å². The van der Waals surface area contributed by atoms with Crippen molar-refractivity contribution in [3.8, 4) is 16.9 Å². The van der Waals surface area contributed by atoms with Crippen LogP contribution in [0.1, 0.15) is 42.6 Å². The number of hydrogen-bond acceptors (Lipinski definition) is 5. The lowest BCUT2D eigenvalue weighted by Gasteiger charge is -2.22. The molecule has 0 saturated carbocycles. The first-order valence-corrected chi connectivity index (χ1v) is 13.6. The second-order valence-corrected chi connectivity index (χ2v) is 12.1. The number of carbonyl (C=O) groups excluding carboxylic acids is 1. The van der Waals surface area contributed by atoms with Crippen LogP contribution >= 0.6 is 0 Å². The largest absolute Gasteiger partial charge is 0.491 e. The molecule has 5 rings (SSSR count). The standard InChI is InChI=1S/C27H31N5O4S/c1-17-28-21-8-6-19(15-22(21)29-17)18-7-10-24-20(14-18)16-32(12-13-36-24)26(33)23-9-11-25(31(23)5)37(34,35)30-27(2,3)4/h6-11,14-15,30H,12-13,16H2,1-5H3,(H,28,29). The van der Waals surface area contributed by atoms with Crippen LogP contribution in [0.2, 0.25) is 0 Å². The summed E-state index contributed by atoms with van der Waals surface area (Å²) in [5, 5.41) is 0.0453. The Morgan fingerprint density at radius 3 is 2.57 bits per heavy atom. The van der Waals surface area contributed by atoms with Gasteiger partial charge in [0.15, 0.2) is 5.03 Å². The molecular formula is C27H31N5O4S. The lowest BCUT2D eigenvalue weighted by atomic mass is 10.0. The number of nitrogens with zero attached hydrogens (tertiary/aromatic N) is 3. The summed E-state index contributed by atoms with van der Waals surface area (Å²) in [6.45, 7) is 8.33. The van der Waals surface area contributed by atoms with Crippen molar-refractivity contribution in [3.63, 3.8) is 0 Å². The van der Waals surface area contributed by atoms with Crippen molar-refractivity contribution in [1.82, 2.24) is 24.2 Å². The number of aromatic amines is 1. The van der Waals surface area contributed by atoms with Crippen molar-refractivity contribution in [3.05, 3.63) is 65.6 Å². The van der Waals surface area contributed by atoms with Gasteiger partial charge in [-0.3, -0.25) is 4.79 Å². The smallest absolute Gasteiger partial charge is 0.270 e. The fourth-order valence-corrected chi connectivity index (χ4v) is 6.28. The number of benzene rings is 2. The van der Waals surface area contributed by atoms with Crippen molar-refractivity contribution in [2.24, 2.45) is 7.05 Å². The summed E-state index contributed by atoms with van der Waals surface area (Å²) in [5.74, 6) is 1.35. The Morgan fingerprint density at radius 2 is 1.81 bits per heavy atom. The van der Waals surface area contributed by atoms with Gasteiger partial charge in [-0.15, -0.1) is 0 Å². The minimum Gasteiger partial charge on any atom is -0.491 e. The van der Waals surface area contributed by atoms with Crippen LogP contribution in [-0.2, 0) is 23.6 Å². The van der Waals surface area contributed by atoms with Crippen LogP contribution in [0, 0.1) is 6.92 Å². The SMILES string of the molecule is Cc1nc2ccc(-c3ccc4c(c3)CN(C(=O)c3ccc(S(=O)(=O)NC(C)(C)C)n3C)CCO4)cc2[nH]1. The van der Waals surface area contributed by atoms with Gasteiger partial charge in [0, 0.05) is 24.7 Å². The third-order valence-corrected chi connectivity index (χ3v) is 8.11. The Hall–Kier alpha value is -3.63. The molecule has 3 heterocycles. The van der Waals surface area contributed by atoms with E-state index in [0.717, 1.165) is 39.3 Å². The third kappa shape index (κ3) is 4.99. The predicted molar refractivity (Wildman–Crippen MR) is 142 cm³/mol. The van der Waals surface area contributed by atoms with Gasteiger partial charge < -0.3 is 19.2 Å². The number of imidazole rings is 1. The Bertz CT molecular complexity index is 1610. The molecule has 194 valence electrons. The van der Waals surface area contributed by atoms with Crippen LogP contribution in [-0.4, -0.2) is 52.5 Å². The molecule has 0 saturated heterocycles. The maximum atomic E-state index is 13.5. The number of carbonyl (C=O) groups is 1. The van der Waals surface area contributed by atoms with Crippen molar-refractivity contribution in [1.29, 1.82) is 0 Å². The molecular weight excluding hydrogens is 490 g/mol. The Labute approximate surface area is 216 Å². The van der Waals surface area contributed by atoms with Crippen LogP contribution in [0.4, 0.5) is 0 Å². The monoisotopic (exact) mass is 521 g/mol. The highest BCUT2D eigenvalue weighted by atomic mass is 32.2. The van der Waals surface area contributed by atoms with Crippen molar-refractivity contribution >= 4 is 27.0 Å². The van der Waals surface area contributed by atoms with Gasteiger partial charge in [-0.2, -0.15) is 0 Å². The summed E-state index contributed by atoms with van der Waals surface area (Å²) in [7, 11) is -2.19. The van der Waals surface area contributed by atoms with Gasteiger partial charge in [-0.05, 0) is 75.2 Å². The van der Waals surface area contributed by atoms with E-state index < -0.39 is 15.6 Å². The minimum atomic E-state index is -3.79. The van der Waals surface area contributed by atoms with E-state index in [-0.39, 0.29) is 10.9 Å². The molecule has 9 nitrogen and oxygen atoms in total. The lowest BCUT2D eigenvalue weighted by molar-refractivity contribution is 0.0722. The number of aryl methyl sites for hydroxylation is 1. The van der Waals surface area contributed by atoms with E-state index >= 15 is 0 Å². The number of hydrogen-bond donors (Lipinski definition) is 2. The molecule has 0 atom stereocenters. The maximum Gasteiger partial charge on any atom is 0.270 e. The van der Waals surface area contributed by atoms with Crippen molar-refractivity contribution in [2.45, 2.75) is 44.8 Å². The number of amides is 1. The van der Waals surface area contributed by atoms with E-state index in [1.165, 1.54) is 10.6 Å². The van der Waals surface area contributed by atoms with Crippen molar-refractivity contribution < 1.29 is 17.9 Å². The molecule has 0 unspecified atom stereocenters. The number of sulfonamides is 1. The first-order chi connectivity index (χ1) is 17.4. The van der Waals surface area contributed by atoms with Gasteiger partial charge in [0.25, 0.3) is 15.9 Å². The number of rotatable bonds is 4. The van der Waals surface area contributed by atoms with E-state index in [9.17, 15) is 13.2 Å². The number of nitrogens with one attached hydrogen (secondary N) is 2. The number of ether oxygens (including phenoxy) is 1. The average molecular weight is 522 g/mol. The molecule has 1 amide bonds. The second-order valence-electron chi connectivity index (χ2n) is 10.4. The molecule has 1 aliphatic heterocycles. The number of fused-ring (bicyclic) bond motifs is 2. The summed E-state index contributed by atoms with van der Waals surface area (Å²) in [6.07, 6.45) is 0. The normalized spacial score (nSPS) is 14.4. The summed E-state index contributed by atoms with van der Waals surface area (Å²) in [5.41, 5.74) is 4.47. The summed E-state index contributed by atoms with van der Waals surface area (Å²) >= 11 is 0. The Balaban J connectivity index is 1.43. The highest BCUT2D eigenvalue weighted by Gasteiger charge is 2.29. The molecule has 10 heteroatoms. The molecule has 0 bridgehead atoms. The number of H-pyrrole nitrogens is 1. The highest BCUT2D eigenvalue weighted by Crippen LogP contribution is 2.31. The van der Waals surface area contributed by atoms with E-state index in [2.05, 4.69) is 20.8 Å². The molecule has 2 aromatic heterocycles. The predicted octanol–water partition coefficient (Wildman–Crippen LogP) is 3.99. The minimum absolute atomic E-state index is 0.0453. The topological polar surface area (TPSA) is 109 Å². The van der Waals surface area contributed by atoms with Crippen LogP contribution < -0.4 is 9.46 Å². The zero-order chi connectivity index (χ0) is 26.5. The fraction of sp³-hybridized carbons (Fsp3) is 0.333. The van der Waals surface area contributed by atoms with Gasteiger partial charge in [0.1, 0.15) is 23.9 Å². The molecule has 2 N–H and O–H groups in total. The van der Waals surface area contributed by atoms with Gasteiger partial charge in [0.05, 0.1) is 17.6 Å². The zero-order valence-electron chi connectivity index (χ0n) is 21.6. The van der Waals surface area contributed by atoms with E-state index in [0.29, 0.717) is 25.4 Å². The molecule has 0 fully saturated rings. The second kappa shape index (κ2) is 9.04. The summed E-state index contributed by atoms with van der Waals surface area (Å²) in [4.78, 5) is 23.0. The first-order valence-electron chi connectivity index (χ1n) is 12.1. The van der Waals surface area contributed by atoms with Gasteiger partial charge in [0.2, 0.25) is 0 Å². The lowest BCUT2D eigenvalue weighted by Crippen LogP contribution is -2.41. The van der Waals surface area contributed by atoms with E-state index in [4.69, 9.17) is 4.74 Å². The van der Waals surface area contributed by atoms with Gasteiger partial charge in [-0.25, -0.2) is 18.1 Å². The van der Waals surface area contributed by atoms with Gasteiger partial charge in [-0.1, -0.05) is 12.1 Å². The van der Waals surface area contributed by atoms with Crippen LogP contribution in [0.3, 0.4) is 0 Å². The molecule has 2 aromatic carbocycles. The van der Waals surface area contributed by atoms with Crippen molar-refractivity contribution in [2.75, 3.05) is 13.2 Å². The van der Waals surface area contributed by atoms with Crippen LogP contribution in [0.25, 0.3) is 22.2 Å². The molecule has 4 aromatic rings. The average Bonchev–Trinajstić information content (AvgIpc) is 3.30. The fourth-order valence-electron chi connectivity index (χ4n) is 4.66. The molecule has 0 aliphatic carbocycles. The third-order valence-electron chi connectivity index (χ3n) is 6.27. The van der Waals surface area contributed by atoms with Crippen LogP contribution in [0.5, 0.6) is 5.75 Å².